The average molecular weight is 891 g/mol. The second kappa shape index (κ2) is 14.5. The van der Waals surface area contributed by atoms with Crippen molar-refractivity contribution < 1.29 is 0 Å². The minimum Gasteiger partial charge on any atom is -0.310 e. The fourth-order valence-corrected chi connectivity index (χ4v) is 13.8. The molecule has 0 atom stereocenters. The minimum atomic E-state index is -0.0786. The zero-order chi connectivity index (χ0) is 45.5. The van der Waals surface area contributed by atoms with E-state index in [2.05, 4.69) is 232 Å². The third-order valence-electron chi connectivity index (χ3n) is 16.0. The molecule has 0 N–H and O–H groups in total. The molecule has 14 rings (SSSR count). The van der Waals surface area contributed by atoms with Crippen LogP contribution >= 0.6 is 11.3 Å². The highest BCUT2D eigenvalue weighted by Crippen LogP contribution is 2.54. The van der Waals surface area contributed by atoms with Gasteiger partial charge in [0.15, 0.2) is 0 Å². The highest BCUT2D eigenvalue weighted by atomic mass is 32.1. The summed E-state index contributed by atoms with van der Waals surface area (Å²) in [5.74, 6) is 0. The lowest BCUT2D eigenvalue weighted by Gasteiger charge is -2.29. The third kappa shape index (κ3) is 5.69. The molecule has 0 radical (unpaired) electrons. The molecule has 0 saturated heterocycles. The molecule has 0 spiro atoms. The van der Waals surface area contributed by atoms with Crippen LogP contribution in [0.5, 0.6) is 0 Å². The molecule has 4 aliphatic rings. The Labute approximate surface area is 402 Å². The molecule has 9 aromatic carbocycles. The lowest BCUT2D eigenvalue weighted by Crippen LogP contribution is -2.18. The number of fused-ring (bicyclic) bond motifs is 14. The van der Waals surface area contributed by atoms with Crippen molar-refractivity contribution >= 4 is 82.0 Å². The maximum absolute atomic E-state index is 2.46. The summed E-state index contributed by atoms with van der Waals surface area (Å²) in [4.78, 5) is 4.90. The molecule has 2 nitrogen and oxygen atoms in total. The van der Waals surface area contributed by atoms with E-state index in [0.29, 0.717) is 0 Å². The predicted octanol–water partition coefficient (Wildman–Crippen LogP) is 18.4. The van der Waals surface area contributed by atoms with Crippen LogP contribution in [0.4, 0.5) is 34.1 Å². The van der Waals surface area contributed by atoms with Crippen molar-refractivity contribution in [1.82, 2.24) is 0 Å². The fraction of sp³-hybridized carbons (Fsp3) is 0.138. The van der Waals surface area contributed by atoms with Gasteiger partial charge in [-0.3, -0.25) is 0 Å². The van der Waals surface area contributed by atoms with Gasteiger partial charge in [0.1, 0.15) is 0 Å². The first-order valence-corrected chi connectivity index (χ1v) is 25.1. The summed E-state index contributed by atoms with van der Waals surface area (Å²) in [7, 11) is 0. The molecule has 0 fully saturated rings. The summed E-state index contributed by atoms with van der Waals surface area (Å²) in [6.45, 7) is 9.56. The van der Waals surface area contributed by atoms with Crippen molar-refractivity contribution in [2.75, 3.05) is 9.80 Å². The van der Waals surface area contributed by atoms with Crippen molar-refractivity contribution in [1.29, 1.82) is 0 Å². The van der Waals surface area contributed by atoms with Crippen LogP contribution in [0.15, 0.2) is 200 Å². The van der Waals surface area contributed by atoms with E-state index in [1.807, 2.05) is 11.3 Å². The topological polar surface area (TPSA) is 6.48 Å². The van der Waals surface area contributed by atoms with Gasteiger partial charge < -0.3 is 9.80 Å². The van der Waals surface area contributed by atoms with Crippen molar-refractivity contribution in [3.05, 3.63) is 233 Å². The van der Waals surface area contributed by atoms with Crippen LogP contribution in [0.2, 0.25) is 0 Å². The second-order valence-electron chi connectivity index (χ2n) is 20.4. The van der Waals surface area contributed by atoms with Gasteiger partial charge in [-0.25, -0.2) is 0 Å². The van der Waals surface area contributed by atoms with E-state index in [1.54, 1.807) is 5.57 Å². The van der Waals surface area contributed by atoms with E-state index < -0.39 is 0 Å². The molecule has 0 aliphatic heterocycles. The molecule has 0 bridgehead atoms. The van der Waals surface area contributed by atoms with E-state index in [1.165, 1.54) is 121 Å². The average Bonchev–Trinajstić information content (AvgIpc) is 4.07. The lowest BCUT2D eigenvalue weighted by atomic mass is 9.78. The van der Waals surface area contributed by atoms with E-state index in [9.17, 15) is 0 Å². The van der Waals surface area contributed by atoms with Crippen LogP contribution < -0.4 is 9.80 Å². The van der Waals surface area contributed by atoms with Crippen molar-refractivity contribution in [3.63, 3.8) is 0 Å². The van der Waals surface area contributed by atoms with Gasteiger partial charge in [-0.1, -0.05) is 149 Å². The lowest BCUT2D eigenvalue weighted by molar-refractivity contribution is 0.607. The van der Waals surface area contributed by atoms with Gasteiger partial charge in [-0.15, -0.1) is 11.3 Å². The largest absolute Gasteiger partial charge is 0.310 e. The van der Waals surface area contributed by atoms with E-state index in [-0.39, 0.29) is 10.8 Å². The number of hydrogen-bond acceptors (Lipinski definition) is 3. The fourth-order valence-electron chi connectivity index (χ4n) is 12.7. The number of nitrogens with zero attached hydrogens (tertiary/aromatic N) is 2. The van der Waals surface area contributed by atoms with Crippen LogP contribution in [-0.4, -0.2) is 0 Å². The van der Waals surface area contributed by atoms with Gasteiger partial charge in [0.05, 0.1) is 0 Å². The summed E-state index contributed by atoms with van der Waals surface area (Å²) in [6, 6.07) is 68.8. The van der Waals surface area contributed by atoms with Gasteiger partial charge in [-0.2, -0.15) is 0 Å². The number of benzene rings is 9. The Kier molecular flexibility index (Phi) is 8.47. The molecule has 0 saturated carbocycles. The number of para-hydroxylation sites is 2. The van der Waals surface area contributed by atoms with Crippen LogP contribution in [0.1, 0.15) is 73.9 Å². The Bertz CT molecular complexity index is 3830. The number of allylic oxidation sites excluding steroid dienone is 4. The van der Waals surface area contributed by atoms with Gasteiger partial charge >= 0.3 is 0 Å². The van der Waals surface area contributed by atoms with Crippen molar-refractivity contribution in [3.8, 4) is 22.3 Å². The molecule has 4 aliphatic carbocycles. The summed E-state index contributed by atoms with van der Waals surface area (Å²) < 4.78 is 2.63. The Hall–Kier alpha value is -7.46. The molecule has 1 heterocycles. The molecule has 0 amide bonds. The van der Waals surface area contributed by atoms with Crippen LogP contribution in [0, 0.1) is 0 Å². The monoisotopic (exact) mass is 890 g/mol. The first-order valence-electron chi connectivity index (χ1n) is 24.3. The normalized spacial score (nSPS) is 15.6. The Morgan fingerprint density at radius 2 is 1.01 bits per heavy atom. The van der Waals surface area contributed by atoms with E-state index in [4.69, 9.17) is 0 Å². The molecular formula is C65H50N2S. The molecular weight excluding hydrogens is 841 g/mol. The second-order valence-corrected chi connectivity index (χ2v) is 21.4. The number of anilines is 6. The molecule has 1 aromatic heterocycles. The Morgan fingerprint density at radius 3 is 1.76 bits per heavy atom. The Balaban J connectivity index is 0.853. The van der Waals surface area contributed by atoms with Gasteiger partial charge in [-0.05, 0) is 170 Å². The Morgan fingerprint density at radius 1 is 0.426 bits per heavy atom. The number of hydrogen-bond donors (Lipinski definition) is 0. The zero-order valence-corrected chi connectivity index (χ0v) is 39.7. The first-order chi connectivity index (χ1) is 33.2. The summed E-state index contributed by atoms with van der Waals surface area (Å²) >= 11 is 1.91. The number of rotatable bonds is 6. The smallest absolute Gasteiger partial charge is 0.0476 e. The van der Waals surface area contributed by atoms with Crippen LogP contribution in [0.3, 0.4) is 0 Å². The van der Waals surface area contributed by atoms with Crippen molar-refractivity contribution in [2.24, 2.45) is 0 Å². The van der Waals surface area contributed by atoms with Gasteiger partial charge in [0.25, 0.3) is 0 Å². The van der Waals surface area contributed by atoms with Crippen LogP contribution in [-0.2, 0) is 17.3 Å². The first kappa shape index (κ1) is 39.7. The maximum atomic E-state index is 2.46. The maximum Gasteiger partial charge on any atom is 0.0476 e. The third-order valence-corrected chi connectivity index (χ3v) is 17.1. The highest BCUT2D eigenvalue weighted by molar-refractivity contribution is 7.26. The molecule has 0 unspecified atom stereocenters. The summed E-state index contributed by atoms with van der Waals surface area (Å²) in [5.41, 5.74) is 23.8. The summed E-state index contributed by atoms with van der Waals surface area (Å²) in [5, 5.41) is 5.34. The molecule has 68 heavy (non-hydrogen) atoms. The summed E-state index contributed by atoms with van der Waals surface area (Å²) in [6.07, 6.45) is 7.88. The quantitative estimate of drug-likeness (QED) is 0.164. The predicted molar refractivity (Wildman–Crippen MR) is 290 cm³/mol. The molecule has 326 valence electrons. The van der Waals surface area contributed by atoms with Gasteiger partial charge in [0.2, 0.25) is 0 Å². The standard InChI is InChI=1S/C65H50N2S/c1-64(2)56-21-13-11-19-49(56)51-30-25-45(37-58(51)64)66(42-15-7-5-8-16-42)44-24-29-48-41(36-44)35-40-23-28-54-53(62(40)48)33-34-60-63(54)55-32-27-47(39-61(55)68-60)67(43-17-9-6-10-18-43)46-26-31-52-50-20-12-14-22-57(50)65(3,4)59(52)38-46/h5-13,15-21,23-34,36-39H,14,22,35H2,1-4H3. The minimum absolute atomic E-state index is 0.00387. The molecule has 3 heteroatoms. The van der Waals surface area contributed by atoms with E-state index in [0.717, 1.165) is 24.9 Å². The van der Waals surface area contributed by atoms with E-state index >= 15 is 0 Å². The molecule has 10 aromatic rings. The highest BCUT2D eigenvalue weighted by Gasteiger charge is 2.38. The van der Waals surface area contributed by atoms with Crippen molar-refractivity contribution in [2.45, 2.75) is 57.8 Å². The SMILES string of the molecule is CC1(C)C2=C(C=CCC2)c2ccc(N(c3ccccc3)c3ccc4c(c3)sc3ccc5c6c(ccc5c34)Cc3cc(N(c4ccccc4)c4ccc5c(c4)C(C)(C)c4ccccc4-5)ccc3-6)cc21. The number of thiophene rings is 1. The van der Waals surface area contributed by atoms with Crippen LogP contribution in [0.25, 0.3) is 58.8 Å². The van der Waals surface area contributed by atoms with Gasteiger partial charge in [0, 0.05) is 65.1 Å². The zero-order valence-electron chi connectivity index (χ0n) is 38.9.